The van der Waals surface area contributed by atoms with Crippen LogP contribution in [-0.4, -0.2) is 22.7 Å². The van der Waals surface area contributed by atoms with Crippen molar-refractivity contribution in [3.05, 3.63) is 27.9 Å². The lowest BCUT2D eigenvalue weighted by molar-refractivity contribution is 0.00119. The molecule has 0 saturated heterocycles. The molecule has 21 heavy (non-hydrogen) atoms. The van der Waals surface area contributed by atoms with E-state index >= 15 is 0 Å². The van der Waals surface area contributed by atoms with Gasteiger partial charge >= 0.3 is 0 Å². The third-order valence-electron chi connectivity index (χ3n) is 4.43. The topological polar surface area (TPSA) is 45.2 Å². The van der Waals surface area contributed by atoms with Crippen LogP contribution in [0.5, 0.6) is 0 Å². The van der Waals surface area contributed by atoms with Crippen molar-refractivity contribution in [3.8, 4) is 10.6 Å². The first-order valence-corrected chi connectivity index (χ1v) is 9.29. The summed E-state index contributed by atoms with van der Waals surface area (Å²) in [6.45, 7) is 3.91. The normalized spacial score (nSPS) is 26.1. The van der Waals surface area contributed by atoms with Gasteiger partial charge in [-0.15, -0.1) is 11.3 Å². The van der Waals surface area contributed by atoms with Gasteiger partial charge in [0, 0.05) is 40.5 Å². The monoisotopic (exact) mass is 322 g/mol. The van der Waals surface area contributed by atoms with Crippen molar-refractivity contribution in [1.82, 2.24) is 10.3 Å². The molecule has 0 radical (unpaired) electrons. The molecule has 5 heteroatoms. The molecule has 0 bridgehead atoms. The number of aliphatic hydroxyl groups is 1. The highest BCUT2D eigenvalue weighted by Crippen LogP contribution is 2.35. The second kappa shape index (κ2) is 6.57. The Morgan fingerprint density at radius 3 is 3.14 bits per heavy atom. The van der Waals surface area contributed by atoms with Crippen molar-refractivity contribution < 1.29 is 5.11 Å². The Balaban J connectivity index is 1.54. The van der Waals surface area contributed by atoms with E-state index in [1.54, 1.807) is 22.7 Å². The van der Waals surface area contributed by atoms with Crippen molar-refractivity contribution >= 4 is 22.7 Å². The van der Waals surface area contributed by atoms with E-state index in [-0.39, 0.29) is 11.5 Å². The van der Waals surface area contributed by atoms with Crippen LogP contribution in [0.3, 0.4) is 0 Å². The SMILES string of the molecule is CC1(CNCc2cnc(-c3ccsc3)s2)CCCCC1O. The summed E-state index contributed by atoms with van der Waals surface area (Å²) in [7, 11) is 0. The van der Waals surface area contributed by atoms with Gasteiger partial charge in [-0.3, -0.25) is 0 Å². The minimum absolute atomic E-state index is 0.0269. The Morgan fingerprint density at radius 1 is 1.48 bits per heavy atom. The van der Waals surface area contributed by atoms with Gasteiger partial charge in [0.1, 0.15) is 5.01 Å². The van der Waals surface area contributed by atoms with Crippen LogP contribution in [0.15, 0.2) is 23.0 Å². The first kappa shape index (κ1) is 15.2. The number of thiophene rings is 1. The highest BCUT2D eigenvalue weighted by molar-refractivity contribution is 7.15. The van der Waals surface area contributed by atoms with Gasteiger partial charge in [0.05, 0.1) is 6.10 Å². The van der Waals surface area contributed by atoms with E-state index in [0.717, 1.165) is 37.4 Å². The highest BCUT2D eigenvalue weighted by atomic mass is 32.1. The predicted molar refractivity (Wildman–Crippen MR) is 89.7 cm³/mol. The lowest BCUT2D eigenvalue weighted by Crippen LogP contribution is -2.43. The van der Waals surface area contributed by atoms with Crippen LogP contribution in [0.1, 0.15) is 37.5 Å². The van der Waals surface area contributed by atoms with Gasteiger partial charge in [0.15, 0.2) is 0 Å². The van der Waals surface area contributed by atoms with Gasteiger partial charge in [-0.2, -0.15) is 11.3 Å². The summed E-state index contributed by atoms with van der Waals surface area (Å²) < 4.78 is 0. The molecule has 2 aromatic heterocycles. The third kappa shape index (κ3) is 3.54. The molecule has 2 atom stereocenters. The maximum atomic E-state index is 10.2. The molecule has 114 valence electrons. The molecule has 1 fully saturated rings. The molecule has 2 aromatic rings. The zero-order chi connectivity index (χ0) is 14.7. The van der Waals surface area contributed by atoms with E-state index in [0.29, 0.717) is 0 Å². The Bertz CT molecular complexity index is 567. The quantitative estimate of drug-likeness (QED) is 0.877. The van der Waals surface area contributed by atoms with Crippen LogP contribution >= 0.6 is 22.7 Å². The zero-order valence-corrected chi connectivity index (χ0v) is 14.0. The second-order valence-electron chi connectivity index (χ2n) is 6.16. The minimum Gasteiger partial charge on any atom is -0.393 e. The Labute approximate surface area is 134 Å². The summed E-state index contributed by atoms with van der Waals surface area (Å²) in [6, 6.07) is 2.11. The lowest BCUT2D eigenvalue weighted by atomic mass is 9.73. The zero-order valence-electron chi connectivity index (χ0n) is 12.3. The smallest absolute Gasteiger partial charge is 0.124 e. The first-order valence-electron chi connectivity index (χ1n) is 7.53. The fourth-order valence-corrected chi connectivity index (χ4v) is 4.56. The van der Waals surface area contributed by atoms with Gasteiger partial charge < -0.3 is 10.4 Å². The minimum atomic E-state index is -0.165. The Hall–Kier alpha value is -0.750. The van der Waals surface area contributed by atoms with E-state index in [4.69, 9.17) is 0 Å². The summed E-state index contributed by atoms with van der Waals surface area (Å²) in [4.78, 5) is 5.75. The van der Waals surface area contributed by atoms with Crippen LogP contribution < -0.4 is 5.32 Å². The molecule has 0 spiro atoms. The van der Waals surface area contributed by atoms with Crippen LogP contribution in [-0.2, 0) is 6.54 Å². The van der Waals surface area contributed by atoms with Crippen LogP contribution in [0.4, 0.5) is 0 Å². The van der Waals surface area contributed by atoms with E-state index in [1.165, 1.54) is 16.9 Å². The molecular formula is C16H22N2OS2. The Morgan fingerprint density at radius 2 is 2.38 bits per heavy atom. The lowest BCUT2D eigenvalue weighted by Gasteiger charge is -2.38. The Kier molecular flexibility index (Phi) is 4.74. The number of rotatable bonds is 5. The molecule has 0 aromatic carbocycles. The number of hydrogen-bond donors (Lipinski definition) is 2. The van der Waals surface area contributed by atoms with Crippen molar-refractivity contribution in [2.45, 2.75) is 45.3 Å². The predicted octanol–water partition coefficient (Wildman–Crippen LogP) is 3.90. The highest BCUT2D eigenvalue weighted by Gasteiger charge is 2.34. The summed E-state index contributed by atoms with van der Waals surface area (Å²) in [5, 5.41) is 19.0. The molecule has 1 saturated carbocycles. The van der Waals surface area contributed by atoms with Gasteiger partial charge in [-0.25, -0.2) is 4.98 Å². The maximum absolute atomic E-state index is 10.2. The average Bonchev–Trinajstić information content (AvgIpc) is 3.13. The van der Waals surface area contributed by atoms with Gasteiger partial charge in [-0.1, -0.05) is 19.8 Å². The van der Waals surface area contributed by atoms with Crippen LogP contribution in [0.2, 0.25) is 0 Å². The number of nitrogens with one attached hydrogen (secondary N) is 1. The van der Waals surface area contributed by atoms with Gasteiger partial charge in [-0.05, 0) is 24.3 Å². The summed E-state index contributed by atoms with van der Waals surface area (Å²) in [6.07, 6.45) is 6.25. The molecule has 2 unspecified atom stereocenters. The molecular weight excluding hydrogens is 300 g/mol. The van der Waals surface area contributed by atoms with E-state index in [1.807, 2.05) is 6.20 Å². The van der Waals surface area contributed by atoms with Crippen LogP contribution in [0, 0.1) is 5.41 Å². The summed E-state index contributed by atoms with van der Waals surface area (Å²) >= 11 is 3.45. The van der Waals surface area contributed by atoms with Crippen molar-refractivity contribution in [1.29, 1.82) is 0 Å². The number of aromatic nitrogens is 1. The maximum Gasteiger partial charge on any atom is 0.124 e. The number of hydrogen-bond acceptors (Lipinski definition) is 5. The van der Waals surface area contributed by atoms with E-state index in [9.17, 15) is 5.11 Å². The molecule has 0 aliphatic heterocycles. The average molecular weight is 322 g/mol. The number of thiazole rings is 1. The molecule has 2 N–H and O–H groups in total. The van der Waals surface area contributed by atoms with Crippen molar-refractivity contribution in [3.63, 3.8) is 0 Å². The van der Waals surface area contributed by atoms with Gasteiger partial charge in [0.2, 0.25) is 0 Å². The van der Waals surface area contributed by atoms with Crippen LogP contribution in [0.25, 0.3) is 10.6 Å². The molecule has 0 amide bonds. The molecule has 3 nitrogen and oxygen atoms in total. The molecule has 1 aliphatic carbocycles. The number of nitrogens with zero attached hydrogens (tertiary/aromatic N) is 1. The summed E-state index contributed by atoms with van der Waals surface area (Å²) in [5.74, 6) is 0. The first-order chi connectivity index (χ1) is 10.2. The summed E-state index contributed by atoms with van der Waals surface area (Å²) in [5.41, 5.74) is 1.24. The van der Waals surface area contributed by atoms with Crippen molar-refractivity contribution in [2.75, 3.05) is 6.54 Å². The van der Waals surface area contributed by atoms with Gasteiger partial charge in [0.25, 0.3) is 0 Å². The molecule has 1 aliphatic rings. The van der Waals surface area contributed by atoms with E-state index in [2.05, 4.69) is 34.1 Å². The third-order valence-corrected chi connectivity index (χ3v) is 6.16. The fraction of sp³-hybridized carbons (Fsp3) is 0.562. The second-order valence-corrected chi connectivity index (χ2v) is 8.06. The van der Waals surface area contributed by atoms with E-state index < -0.39 is 0 Å². The molecule has 2 heterocycles. The van der Waals surface area contributed by atoms with Crippen molar-refractivity contribution in [2.24, 2.45) is 5.41 Å². The molecule has 3 rings (SSSR count). The fourth-order valence-electron chi connectivity index (χ4n) is 2.97. The number of aliphatic hydroxyl groups excluding tert-OH is 1. The standard InChI is InChI=1S/C16H22N2OS2/c1-16(6-3-2-4-14(16)19)11-17-8-13-9-18-15(21-13)12-5-7-20-10-12/h5,7,9-10,14,17,19H,2-4,6,8,11H2,1H3. The largest absolute Gasteiger partial charge is 0.393 e.